The number of carbonyl (C=O) groups is 2. The minimum absolute atomic E-state index is 0.0142. The fourth-order valence-corrected chi connectivity index (χ4v) is 3.94. The van der Waals surface area contributed by atoms with Gasteiger partial charge in [0.15, 0.2) is 0 Å². The molecule has 0 spiro atoms. The van der Waals surface area contributed by atoms with Crippen LogP contribution in [-0.4, -0.2) is 41.9 Å². The van der Waals surface area contributed by atoms with Crippen LogP contribution >= 0.6 is 0 Å². The number of hydrogen-bond acceptors (Lipinski definition) is 2. The molecular weight excluding hydrogens is 483 g/mol. The van der Waals surface area contributed by atoms with Gasteiger partial charge < -0.3 is 15.1 Å². The van der Waals surface area contributed by atoms with Gasteiger partial charge in [0.05, 0.1) is 17.2 Å². The molecular formula is C23H22F7N3O2. The van der Waals surface area contributed by atoms with Gasteiger partial charge in [0, 0.05) is 20.1 Å². The number of benzene rings is 2. The number of carbonyl (C=O) groups excluding carboxylic acids is 2. The Morgan fingerprint density at radius 1 is 1.06 bits per heavy atom. The van der Waals surface area contributed by atoms with Gasteiger partial charge in [-0.3, -0.25) is 4.79 Å². The van der Waals surface area contributed by atoms with Crippen LogP contribution in [0.3, 0.4) is 0 Å². The van der Waals surface area contributed by atoms with Gasteiger partial charge in [-0.15, -0.1) is 0 Å². The number of amides is 3. The average Bonchev–Trinajstić information content (AvgIpc) is 2.76. The minimum atomic E-state index is -5.03. The molecule has 1 saturated heterocycles. The lowest BCUT2D eigenvalue weighted by molar-refractivity contribution is -0.143. The van der Waals surface area contributed by atoms with E-state index in [4.69, 9.17) is 0 Å². The van der Waals surface area contributed by atoms with Crippen molar-refractivity contribution >= 4 is 11.9 Å². The van der Waals surface area contributed by atoms with Crippen LogP contribution in [0, 0.1) is 12.7 Å². The van der Waals surface area contributed by atoms with Crippen LogP contribution in [-0.2, 0) is 17.1 Å². The number of nitrogens with zero attached hydrogens (tertiary/aromatic N) is 2. The number of halogens is 7. The van der Waals surface area contributed by atoms with Crippen molar-refractivity contribution < 1.29 is 40.3 Å². The molecule has 2 aromatic carbocycles. The van der Waals surface area contributed by atoms with Crippen LogP contribution in [0.15, 0.2) is 36.4 Å². The lowest BCUT2D eigenvalue weighted by Crippen LogP contribution is -2.55. The van der Waals surface area contributed by atoms with Crippen molar-refractivity contribution in [3.63, 3.8) is 0 Å². The Balaban J connectivity index is 1.98. The SMILES string of the molecule is Cc1cc(F)ccc1[C@H]1C(=O)NCCN1C(=O)N(C)[C@H](C)c1cc(C(F)(F)F)cc(C(F)(F)F)c1. The number of rotatable bonds is 3. The molecule has 2 aromatic rings. The molecule has 0 radical (unpaired) electrons. The minimum Gasteiger partial charge on any atom is -0.352 e. The molecule has 1 N–H and O–H groups in total. The van der Waals surface area contributed by atoms with Crippen molar-refractivity contribution in [2.24, 2.45) is 0 Å². The van der Waals surface area contributed by atoms with Gasteiger partial charge in [-0.2, -0.15) is 26.3 Å². The molecule has 35 heavy (non-hydrogen) atoms. The van der Waals surface area contributed by atoms with Gasteiger partial charge in [-0.25, -0.2) is 9.18 Å². The highest BCUT2D eigenvalue weighted by atomic mass is 19.4. The molecule has 190 valence electrons. The second kappa shape index (κ2) is 9.38. The van der Waals surface area contributed by atoms with E-state index in [1.54, 1.807) is 6.92 Å². The van der Waals surface area contributed by atoms with E-state index in [9.17, 15) is 40.3 Å². The van der Waals surface area contributed by atoms with Crippen LogP contribution in [0.5, 0.6) is 0 Å². The third-order valence-corrected chi connectivity index (χ3v) is 5.96. The first-order chi connectivity index (χ1) is 16.1. The molecule has 0 saturated carbocycles. The molecule has 3 rings (SSSR count). The van der Waals surface area contributed by atoms with Crippen LogP contribution in [0.4, 0.5) is 35.5 Å². The quantitative estimate of drug-likeness (QED) is 0.564. The highest BCUT2D eigenvalue weighted by molar-refractivity contribution is 5.89. The Bertz CT molecular complexity index is 1100. The summed E-state index contributed by atoms with van der Waals surface area (Å²) in [6, 6.07) is 1.67. The maximum absolute atomic E-state index is 13.6. The molecule has 0 unspecified atom stereocenters. The lowest BCUT2D eigenvalue weighted by atomic mass is 9.97. The van der Waals surface area contributed by atoms with Crippen molar-refractivity contribution in [2.75, 3.05) is 20.1 Å². The van der Waals surface area contributed by atoms with E-state index in [2.05, 4.69) is 5.32 Å². The number of alkyl halides is 6. The predicted octanol–water partition coefficient (Wildman–Crippen LogP) is 5.46. The molecule has 3 amide bonds. The summed E-state index contributed by atoms with van der Waals surface area (Å²) in [5.74, 6) is -1.09. The Hall–Kier alpha value is -3.31. The zero-order chi connectivity index (χ0) is 26.3. The Morgan fingerprint density at radius 2 is 1.63 bits per heavy atom. The third kappa shape index (κ3) is 5.51. The molecule has 1 heterocycles. The molecule has 1 fully saturated rings. The van der Waals surface area contributed by atoms with Gasteiger partial charge in [0.25, 0.3) is 0 Å². The summed E-state index contributed by atoms with van der Waals surface area (Å²) in [5.41, 5.74) is -2.62. The summed E-state index contributed by atoms with van der Waals surface area (Å²) in [4.78, 5) is 28.1. The molecule has 2 atom stereocenters. The number of piperazine rings is 1. The molecule has 12 heteroatoms. The topological polar surface area (TPSA) is 52.7 Å². The zero-order valence-corrected chi connectivity index (χ0v) is 18.9. The van der Waals surface area contributed by atoms with Gasteiger partial charge in [-0.05, 0) is 60.9 Å². The van der Waals surface area contributed by atoms with E-state index in [0.29, 0.717) is 23.3 Å². The molecule has 1 aliphatic heterocycles. The average molecular weight is 505 g/mol. The monoisotopic (exact) mass is 505 g/mol. The van der Waals surface area contributed by atoms with Crippen molar-refractivity contribution in [1.82, 2.24) is 15.1 Å². The summed E-state index contributed by atoms with van der Waals surface area (Å²) in [6.45, 7) is 2.96. The lowest BCUT2D eigenvalue weighted by Gasteiger charge is -2.39. The fraction of sp³-hybridized carbons (Fsp3) is 0.391. The summed E-state index contributed by atoms with van der Waals surface area (Å²) in [7, 11) is 1.22. The molecule has 0 bridgehead atoms. The number of urea groups is 1. The molecule has 0 aromatic heterocycles. The van der Waals surface area contributed by atoms with E-state index >= 15 is 0 Å². The van der Waals surface area contributed by atoms with Crippen LogP contribution < -0.4 is 5.32 Å². The second-order valence-corrected chi connectivity index (χ2v) is 8.30. The van der Waals surface area contributed by atoms with E-state index in [1.807, 2.05) is 0 Å². The molecule has 0 aliphatic carbocycles. The Morgan fingerprint density at radius 3 is 2.14 bits per heavy atom. The van der Waals surface area contributed by atoms with Crippen molar-refractivity contribution in [3.8, 4) is 0 Å². The number of hydrogen-bond donors (Lipinski definition) is 1. The summed E-state index contributed by atoms with van der Waals surface area (Å²) < 4.78 is 93.2. The number of aryl methyl sites for hydroxylation is 1. The van der Waals surface area contributed by atoms with Crippen LogP contribution in [0.1, 0.15) is 46.8 Å². The molecule has 5 nitrogen and oxygen atoms in total. The fourth-order valence-electron chi connectivity index (χ4n) is 3.94. The van der Waals surface area contributed by atoms with E-state index in [0.717, 1.165) is 15.9 Å². The van der Waals surface area contributed by atoms with Gasteiger partial charge in [0.1, 0.15) is 11.9 Å². The third-order valence-electron chi connectivity index (χ3n) is 5.96. The van der Waals surface area contributed by atoms with Crippen molar-refractivity contribution in [1.29, 1.82) is 0 Å². The van der Waals surface area contributed by atoms with E-state index < -0.39 is 53.3 Å². The smallest absolute Gasteiger partial charge is 0.352 e. The van der Waals surface area contributed by atoms with Crippen molar-refractivity contribution in [2.45, 2.75) is 38.3 Å². The van der Waals surface area contributed by atoms with Gasteiger partial charge in [0.2, 0.25) is 5.91 Å². The largest absolute Gasteiger partial charge is 0.416 e. The summed E-state index contributed by atoms with van der Waals surface area (Å²) in [5, 5.41) is 2.61. The Kier molecular flexibility index (Phi) is 7.05. The number of nitrogens with one attached hydrogen (secondary N) is 1. The first kappa shape index (κ1) is 26.3. The normalized spacial score (nSPS) is 17.7. The van der Waals surface area contributed by atoms with E-state index in [1.165, 1.54) is 26.1 Å². The maximum Gasteiger partial charge on any atom is 0.416 e. The van der Waals surface area contributed by atoms with Crippen LogP contribution in [0.25, 0.3) is 0 Å². The Labute approximate surface area is 196 Å². The van der Waals surface area contributed by atoms with Crippen LogP contribution in [0.2, 0.25) is 0 Å². The summed E-state index contributed by atoms with van der Waals surface area (Å²) in [6.07, 6.45) is -10.1. The molecule has 1 aliphatic rings. The van der Waals surface area contributed by atoms with Gasteiger partial charge >= 0.3 is 18.4 Å². The predicted molar refractivity (Wildman–Crippen MR) is 112 cm³/mol. The second-order valence-electron chi connectivity index (χ2n) is 8.30. The van der Waals surface area contributed by atoms with Gasteiger partial charge in [-0.1, -0.05) is 6.07 Å². The highest BCUT2D eigenvalue weighted by Crippen LogP contribution is 2.38. The zero-order valence-electron chi connectivity index (χ0n) is 18.9. The van der Waals surface area contributed by atoms with E-state index in [-0.39, 0.29) is 24.7 Å². The maximum atomic E-state index is 13.6. The standard InChI is InChI=1S/C23H22F7N3O2/c1-12-8-17(24)4-5-18(12)19-20(34)31-6-7-33(19)21(35)32(3)13(2)14-9-15(22(25,26)27)11-16(10-14)23(28,29)30/h4-5,8-11,13,19H,6-7H2,1-3H3,(H,31,34)/t13-,19+/m1/s1. The first-order valence-corrected chi connectivity index (χ1v) is 10.5. The first-order valence-electron chi connectivity index (χ1n) is 10.5. The highest BCUT2D eigenvalue weighted by Gasteiger charge is 2.40. The van der Waals surface area contributed by atoms with Crippen molar-refractivity contribution in [3.05, 3.63) is 70.0 Å². The summed E-state index contributed by atoms with van der Waals surface area (Å²) >= 11 is 0.